The predicted octanol–water partition coefficient (Wildman–Crippen LogP) is -0.901. The van der Waals surface area contributed by atoms with Crippen LogP contribution in [0.4, 0.5) is 0 Å². The van der Waals surface area contributed by atoms with Crippen molar-refractivity contribution in [2.24, 2.45) is 0 Å². The predicted molar refractivity (Wildman–Crippen MR) is 52.8 cm³/mol. The second-order valence-electron chi connectivity index (χ2n) is 2.74. The summed E-state index contributed by atoms with van der Waals surface area (Å²) in [5.41, 5.74) is 0. The van der Waals surface area contributed by atoms with E-state index >= 15 is 0 Å². The van der Waals surface area contributed by atoms with Crippen LogP contribution in [-0.4, -0.2) is 51.8 Å². The number of carbonyl (C=O) groups is 1. The van der Waals surface area contributed by atoms with Gasteiger partial charge < -0.3 is 10.0 Å². The molecule has 0 bridgehead atoms. The fraction of sp³-hybridized carbons (Fsp3) is 0.750. The van der Waals surface area contributed by atoms with Gasteiger partial charge in [-0.3, -0.25) is 9.00 Å². The number of aliphatic hydroxyl groups excluding tert-OH is 1. The minimum absolute atomic E-state index is 0.0809. The van der Waals surface area contributed by atoms with Crippen molar-refractivity contribution in [1.29, 1.82) is 5.26 Å². The largest absolute Gasteiger partial charge is 0.395 e. The third kappa shape index (κ3) is 5.67. The van der Waals surface area contributed by atoms with Crippen LogP contribution in [0, 0.1) is 11.3 Å². The van der Waals surface area contributed by atoms with Gasteiger partial charge in [0, 0.05) is 30.1 Å². The summed E-state index contributed by atoms with van der Waals surface area (Å²) in [6, 6.07) is 1.92. The van der Waals surface area contributed by atoms with Crippen molar-refractivity contribution in [3.8, 4) is 6.07 Å². The molecule has 0 spiro atoms. The first-order chi connectivity index (χ1) is 6.61. The van der Waals surface area contributed by atoms with E-state index in [1.54, 1.807) is 7.05 Å². The molecule has 0 aromatic carbocycles. The lowest BCUT2D eigenvalue weighted by Gasteiger charge is -2.14. The highest BCUT2D eigenvalue weighted by Gasteiger charge is 2.11. The Hall–Kier alpha value is -0.930. The van der Waals surface area contributed by atoms with Gasteiger partial charge >= 0.3 is 0 Å². The van der Waals surface area contributed by atoms with E-state index in [1.807, 2.05) is 6.07 Å². The van der Waals surface area contributed by atoms with E-state index in [0.717, 1.165) is 0 Å². The minimum atomic E-state index is -1.30. The fourth-order valence-electron chi connectivity index (χ4n) is 0.764. The summed E-state index contributed by atoms with van der Waals surface area (Å²) in [6.07, 6.45) is 0.273. The SMILES string of the molecule is CN(CCC#N)C(=O)CS(=O)CCO. The number of aliphatic hydroxyl groups is 1. The molecule has 0 aromatic heterocycles. The van der Waals surface area contributed by atoms with Gasteiger partial charge in [-0.25, -0.2) is 0 Å². The summed E-state index contributed by atoms with van der Waals surface area (Å²) < 4.78 is 11.1. The molecule has 0 heterocycles. The lowest BCUT2D eigenvalue weighted by Crippen LogP contribution is -2.32. The van der Waals surface area contributed by atoms with Crippen LogP contribution < -0.4 is 0 Å². The van der Waals surface area contributed by atoms with Gasteiger partial charge in [-0.1, -0.05) is 0 Å². The van der Waals surface area contributed by atoms with Gasteiger partial charge in [0.2, 0.25) is 5.91 Å². The maximum absolute atomic E-state index is 11.3. The van der Waals surface area contributed by atoms with Gasteiger partial charge in [0.25, 0.3) is 0 Å². The molecule has 1 atom stereocenters. The number of hydrogen-bond donors (Lipinski definition) is 1. The molecule has 0 fully saturated rings. The third-order valence-corrected chi connectivity index (χ3v) is 2.80. The summed E-state index contributed by atoms with van der Waals surface area (Å²) >= 11 is 0. The Bertz CT molecular complexity index is 249. The summed E-state index contributed by atoms with van der Waals surface area (Å²) in [7, 11) is 0.265. The number of amides is 1. The van der Waals surface area contributed by atoms with Crippen molar-refractivity contribution in [2.45, 2.75) is 6.42 Å². The number of carbonyl (C=O) groups excluding carboxylic acids is 1. The van der Waals surface area contributed by atoms with Crippen molar-refractivity contribution in [3.05, 3.63) is 0 Å². The van der Waals surface area contributed by atoms with Gasteiger partial charge in [0.15, 0.2) is 0 Å². The maximum atomic E-state index is 11.3. The fourth-order valence-corrected chi connectivity index (χ4v) is 1.61. The van der Waals surface area contributed by atoms with Gasteiger partial charge in [0.05, 0.1) is 19.1 Å². The maximum Gasteiger partial charge on any atom is 0.234 e. The zero-order valence-corrected chi connectivity index (χ0v) is 8.92. The highest BCUT2D eigenvalue weighted by atomic mass is 32.2. The smallest absolute Gasteiger partial charge is 0.234 e. The summed E-state index contributed by atoms with van der Waals surface area (Å²) in [5, 5.41) is 16.8. The van der Waals surface area contributed by atoms with Crippen LogP contribution in [-0.2, 0) is 15.6 Å². The molecule has 5 nitrogen and oxygen atoms in total. The summed E-state index contributed by atoms with van der Waals surface area (Å²) in [6.45, 7) is 0.174. The highest BCUT2D eigenvalue weighted by Crippen LogP contribution is 1.91. The minimum Gasteiger partial charge on any atom is -0.395 e. The second-order valence-corrected chi connectivity index (χ2v) is 4.31. The summed E-state index contributed by atoms with van der Waals surface area (Å²) in [5.74, 6) is -0.215. The number of nitrogens with zero attached hydrogens (tertiary/aromatic N) is 2. The molecule has 0 radical (unpaired) electrons. The first-order valence-electron chi connectivity index (χ1n) is 4.18. The molecule has 0 aliphatic rings. The zero-order valence-electron chi connectivity index (χ0n) is 8.10. The molecular weight excluding hydrogens is 204 g/mol. The Morgan fingerprint density at radius 2 is 2.29 bits per heavy atom. The van der Waals surface area contributed by atoms with Crippen molar-refractivity contribution in [3.63, 3.8) is 0 Å². The summed E-state index contributed by atoms with van der Waals surface area (Å²) in [4.78, 5) is 12.6. The Balaban J connectivity index is 3.84. The van der Waals surface area contributed by atoms with E-state index in [1.165, 1.54) is 4.90 Å². The van der Waals surface area contributed by atoms with Gasteiger partial charge in [0.1, 0.15) is 5.75 Å². The van der Waals surface area contributed by atoms with E-state index in [-0.39, 0.29) is 30.4 Å². The second kappa shape index (κ2) is 7.47. The number of nitriles is 1. The number of hydrogen-bond acceptors (Lipinski definition) is 4. The zero-order chi connectivity index (χ0) is 11.0. The Morgan fingerprint density at radius 3 is 2.79 bits per heavy atom. The molecule has 14 heavy (non-hydrogen) atoms. The molecule has 1 amide bonds. The first kappa shape index (κ1) is 13.1. The topological polar surface area (TPSA) is 81.4 Å². The highest BCUT2D eigenvalue weighted by molar-refractivity contribution is 7.85. The molecule has 0 aliphatic heterocycles. The van der Waals surface area contributed by atoms with Crippen LogP contribution in [0.1, 0.15) is 6.42 Å². The van der Waals surface area contributed by atoms with Crippen molar-refractivity contribution < 1.29 is 14.1 Å². The van der Waals surface area contributed by atoms with E-state index in [2.05, 4.69) is 0 Å². The average molecular weight is 218 g/mol. The van der Waals surface area contributed by atoms with E-state index in [4.69, 9.17) is 10.4 Å². The van der Waals surface area contributed by atoms with Crippen molar-refractivity contribution in [2.75, 3.05) is 31.7 Å². The van der Waals surface area contributed by atoms with Crippen molar-refractivity contribution >= 4 is 16.7 Å². The van der Waals surface area contributed by atoms with Crippen LogP contribution in [0.5, 0.6) is 0 Å². The Morgan fingerprint density at radius 1 is 1.64 bits per heavy atom. The lowest BCUT2D eigenvalue weighted by atomic mass is 10.4. The van der Waals surface area contributed by atoms with Gasteiger partial charge in [-0.05, 0) is 0 Å². The molecule has 0 saturated carbocycles. The monoisotopic (exact) mass is 218 g/mol. The molecule has 0 aromatic rings. The average Bonchev–Trinajstić information content (AvgIpc) is 2.14. The molecule has 0 rings (SSSR count). The third-order valence-electron chi connectivity index (χ3n) is 1.59. The quantitative estimate of drug-likeness (QED) is 0.626. The van der Waals surface area contributed by atoms with E-state index in [9.17, 15) is 9.00 Å². The Labute approximate surface area is 85.8 Å². The normalized spacial score (nSPS) is 11.8. The van der Waals surface area contributed by atoms with E-state index < -0.39 is 10.8 Å². The molecular formula is C8H14N2O3S. The van der Waals surface area contributed by atoms with Crippen LogP contribution in [0.25, 0.3) is 0 Å². The van der Waals surface area contributed by atoms with Gasteiger partial charge in [-0.2, -0.15) is 5.26 Å². The van der Waals surface area contributed by atoms with E-state index in [0.29, 0.717) is 6.54 Å². The van der Waals surface area contributed by atoms with Crippen molar-refractivity contribution in [1.82, 2.24) is 4.90 Å². The van der Waals surface area contributed by atoms with Crippen LogP contribution in [0.2, 0.25) is 0 Å². The molecule has 80 valence electrons. The molecule has 0 saturated heterocycles. The standard InChI is InChI=1S/C8H14N2O3S/c1-10(4-2-3-9)8(12)7-14(13)6-5-11/h11H,2,4-7H2,1H3. The Kier molecular flexibility index (Phi) is 6.98. The molecule has 1 unspecified atom stereocenters. The molecule has 6 heteroatoms. The van der Waals surface area contributed by atoms with Crippen LogP contribution in [0.3, 0.4) is 0 Å². The lowest BCUT2D eigenvalue weighted by molar-refractivity contribution is -0.127. The first-order valence-corrected chi connectivity index (χ1v) is 5.67. The number of rotatable bonds is 6. The van der Waals surface area contributed by atoms with Crippen LogP contribution in [0.15, 0.2) is 0 Å². The van der Waals surface area contributed by atoms with Crippen LogP contribution >= 0.6 is 0 Å². The molecule has 1 N–H and O–H groups in total. The van der Waals surface area contributed by atoms with Gasteiger partial charge in [-0.15, -0.1) is 0 Å². The molecule has 0 aliphatic carbocycles.